The average Bonchev–Trinajstić information content (AvgIpc) is 2.92. The first kappa shape index (κ1) is 11.5. The molecule has 1 heterocycles. The lowest BCUT2D eigenvalue weighted by atomic mass is 10.1. The molecule has 0 aliphatic heterocycles. The Morgan fingerprint density at radius 2 is 2.22 bits per heavy atom. The third kappa shape index (κ3) is 1.68. The predicted octanol–water partition coefficient (Wildman–Crippen LogP) is 2.67. The first-order valence-corrected chi connectivity index (χ1v) is 6.46. The Labute approximate surface area is 107 Å². The van der Waals surface area contributed by atoms with E-state index < -0.39 is 0 Å². The van der Waals surface area contributed by atoms with Crippen molar-refractivity contribution in [3.63, 3.8) is 0 Å². The Bertz CT molecular complexity index is 576. The Kier molecular flexibility index (Phi) is 2.74. The van der Waals surface area contributed by atoms with E-state index in [0.29, 0.717) is 18.1 Å². The molecule has 0 radical (unpaired) electrons. The van der Waals surface area contributed by atoms with Crippen molar-refractivity contribution in [1.29, 1.82) is 0 Å². The molecule has 1 aliphatic carbocycles. The van der Waals surface area contributed by atoms with E-state index in [-0.39, 0.29) is 0 Å². The van der Waals surface area contributed by atoms with E-state index in [1.54, 1.807) is 7.11 Å². The third-order valence-electron chi connectivity index (χ3n) is 3.99. The van der Waals surface area contributed by atoms with Gasteiger partial charge in [0.1, 0.15) is 0 Å². The minimum Gasteiger partial charge on any atom is -0.381 e. The lowest BCUT2D eigenvalue weighted by Gasteiger charge is -2.16. The van der Waals surface area contributed by atoms with Gasteiger partial charge >= 0.3 is 0 Å². The predicted molar refractivity (Wildman–Crippen MR) is 72.6 cm³/mol. The van der Waals surface area contributed by atoms with Gasteiger partial charge in [-0.2, -0.15) is 0 Å². The van der Waals surface area contributed by atoms with Crippen LogP contribution in [0, 0.1) is 6.92 Å². The fraction of sp³-hybridized carbons (Fsp3) is 0.500. The highest BCUT2D eigenvalue weighted by Crippen LogP contribution is 2.36. The van der Waals surface area contributed by atoms with Crippen molar-refractivity contribution < 1.29 is 4.74 Å². The van der Waals surface area contributed by atoms with Crippen molar-refractivity contribution in [3.8, 4) is 0 Å². The molecule has 2 aromatic rings. The molecule has 2 unspecified atom stereocenters. The van der Waals surface area contributed by atoms with E-state index in [2.05, 4.69) is 22.5 Å². The summed E-state index contributed by atoms with van der Waals surface area (Å²) in [6.07, 6.45) is 3.60. The van der Waals surface area contributed by atoms with Gasteiger partial charge in [0.05, 0.1) is 17.1 Å². The highest BCUT2D eigenvalue weighted by molar-refractivity contribution is 5.81. The number of para-hydroxylation sites is 1. The number of aromatic nitrogens is 2. The van der Waals surface area contributed by atoms with Crippen LogP contribution >= 0.6 is 0 Å². The number of fused-ring (bicyclic) bond motifs is 1. The maximum Gasteiger partial charge on any atom is 0.201 e. The summed E-state index contributed by atoms with van der Waals surface area (Å²) in [7, 11) is 1.79. The summed E-state index contributed by atoms with van der Waals surface area (Å²) in [5, 5.41) is 0. The first-order valence-electron chi connectivity index (χ1n) is 6.46. The van der Waals surface area contributed by atoms with Gasteiger partial charge in [-0.15, -0.1) is 0 Å². The second kappa shape index (κ2) is 4.28. The van der Waals surface area contributed by atoms with Crippen LogP contribution in [0.1, 0.15) is 30.9 Å². The van der Waals surface area contributed by atoms with Crippen molar-refractivity contribution in [2.45, 2.75) is 38.3 Å². The zero-order valence-electron chi connectivity index (χ0n) is 10.9. The van der Waals surface area contributed by atoms with E-state index in [1.165, 1.54) is 11.1 Å². The van der Waals surface area contributed by atoms with Crippen LogP contribution in [0.2, 0.25) is 0 Å². The minimum atomic E-state index is 0.357. The SMILES string of the molecule is COC1CCC(n2c(N)nc3cccc(C)c32)C1. The van der Waals surface area contributed by atoms with Crippen molar-refractivity contribution in [3.05, 3.63) is 23.8 Å². The van der Waals surface area contributed by atoms with E-state index in [1.807, 2.05) is 12.1 Å². The van der Waals surface area contributed by atoms with Crippen LogP contribution in [0.3, 0.4) is 0 Å². The molecule has 1 fully saturated rings. The van der Waals surface area contributed by atoms with Crippen molar-refractivity contribution in [2.24, 2.45) is 0 Å². The third-order valence-corrected chi connectivity index (χ3v) is 3.99. The highest BCUT2D eigenvalue weighted by Gasteiger charge is 2.28. The number of anilines is 1. The van der Waals surface area contributed by atoms with Crippen molar-refractivity contribution >= 4 is 17.0 Å². The van der Waals surface area contributed by atoms with Crippen LogP contribution in [0.5, 0.6) is 0 Å². The molecule has 18 heavy (non-hydrogen) atoms. The van der Waals surface area contributed by atoms with Gasteiger partial charge in [0.25, 0.3) is 0 Å². The topological polar surface area (TPSA) is 53.1 Å². The zero-order valence-corrected chi connectivity index (χ0v) is 10.9. The molecule has 1 aromatic heterocycles. The summed E-state index contributed by atoms with van der Waals surface area (Å²) in [6, 6.07) is 6.59. The van der Waals surface area contributed by atoms with Gasteiger partial charge in [-0.25, -0.2) is 4.98 Å². The van der Waals surface area contributed by atoms with Gasteiger partial charge in [-0.3, -0.25) is 0 Å². The molecule has 3 rings (SSSR count). The van der Waals surface area contributed by atoms with Gasteiger partial charge in [0, 0.05) is 13.2 Å². The van der Waals surface area contributed by atoms with Crippen LogP contribution in [0.25, 0.3) is 11.0 Å². The molecular weight excluding hydrogens is 226 g/mol. The molecule has 1 aromatic carbocycles. The zero-order chi connectivity index (χ0) is 12.7. The van der Waals surface area contributed by atoms with Gasteiger partial charge < -0.3 is 15.0 Å². The number of methoxy groups -OCH3 is 1. The number of nitrogens with two attached hydrogens (primary N) is 1. The van der Waals surface area contributed by atoms with Crippen LogP contribution in [0.15, 0.2) is 18.2 Å². The van der Waals surface area contributed by atoms with Gasteiger partial charge in [-0.05, 0) is 37.8 Å². The standard InChI is InChI=1S/C14H19N3O/c1-9-4-3-5-12-13(9)17(14(15)16-12)10-6-7-11(8-10)18-2/h3-5,10-11H,6-8H2,1-2H3,(H2,15,16). The van der Waals surface area contributed by atoms with Crippen LogP contribution in [-0.4, -0.2) is 22.8 Å². The fourth-order valence-electron chi connectivity index (χ4n) is 3.07. The maximum atomic E-state index is 6.10. The minimum absolute atomic E-state index is 0.357. The Morgan fingerprint density at radius 3 is 2.94 bits per heavy atom. The molecular formula is C14H19N3O. The number of aryl methyl sites for hydroxylation is 1. The summed E-state index contributed by atoms with van der Waals surface area (Å²) >= 11 is 0. The fourth-order valence-corrected chi connectivity index (χ4v) is 3.07. The first-order chi connectivity index (χ1) is 8.70. The number of rotatable bonds is 2. The van der Waals surface area contributed by atoms with Crippen molar-refractivity contribution in [2.75, 3.05) is 12.8 Å². The molecule has 0 spiro atoms. The Balaban J connectivity index is 2.09. The second-order valence-electron chi connectivity index (χ2n) is 5.11. The molecule has 96 valence electrons. The summed E-state index contributed by atoms with van der Waals surface area (Å²) in [6.45, 7) is 2.11. The number of hydrogen-bond donors (Lipinski definition) is 1. The molecule has 2 atom stereocenters. The summed E-state index contributed by atoms with van der Waals surface area (Å²) in [5.41, 5.74) is 9.51. The summed E-state index contributed by atoms with van der Waals surface area (Å²) < 4.78 is 7.65. The van der Waals surface area contributed by atoms with E-state index in [4.69, 9.17) is 10.5 Å². The monoisotopic (exact) mass is 245 g/mol. The largest absolute Gasteiger partial charge is 0.381 e. The van der Waals surface area contributed by atoms with Crippen LogP contribution < -0.4 is 5.73 Å². The van der Waals surface area contributed by atoms with Crippen LogP contribution in [0.4, 0.5) is 5.95 Å². The lowest BCUT2D eigenvalue weighted by molar-refractivity contribution is 0.106. The molecule has 1 saturated carbocycles. The summed E-state index contributed by atoms with van der Waals surface area (Å²) in [5.74, 6) is 0.626. The Morgan fingerprint density at radius 1 is 1.39 bits per heavy atom. The smallest absolute Gasteiger partial charge is 0.201 e. The molecule has 0 amide bonds. The van der Waals surface area contributed by atoms with Crippen molar-refractivity contribution in [1.82, 2.24) is 9.55 Å². The van der Waals surface area contributed by atoms with Gasteiger partial charge in [0.2, 0.25) is 5.95 Å². The van der Waals surface area contributed by atoms with Gasteiger partial charge in [0.15, 0.2) is 0 Å². The average molecular weight is 245 g/mol. The number of nitrogens with zero attached hydrogens (tertiary/aromatic N) is 2. The molecule has 1 aliphatic rings. The number of benzene rings is 1. The second-order valence-corrected chi connectivity index (χ2v) is 5.11. The van der Waals surface area contributed by atoms with E-state index in [0.717, 1.165) is 24.8 Å². The number of ether oxygens (including phenoxy) is 1. The molecule has 2 N–H and O–H groups in total. The molecule has 4 nitrogen and oxygen atoms in total. The van der Waals surface area contributed by atoms with Gasteiger partial charge in [-0.1, -0.05) is 12.1 Å². The van der Waals surface area contributed by atoms with E-state index >= 15 is 0 Å². The number of hydrogen-bond acceptors (Lipinski definition) is 3. The molecule has 0 saturated heterocycles. The highest BCUT2D eigenvalue weighted by atomic mass is 16.5. The molecule has 0 bridgehead atoms. The quantitative estimate of drug-likeness (QED) is 0.885. The number of nitrogen functional groups attached to an aromatic ring is 1. The maximum absolute atomic E-state index is 6.10. The lowest BCUT2D eigenvalue weighted by Crippen LogP contribution is -2.11. The Hall–Kier alpha value is -1.55. The number of imidazole rings is 1. The van der Waals surface area contributed by atoms with E-state index in [9.17, 15) is 0 Å². The normalized spacial score (nSPS) is 23.9. The molecule has 4 heteroatoms. The van der Waals surface area contributed by atoms with Crippen LogP contribution in [-0.2, 0) is 4.74 Å². The summed E-state index contributed by atoms with van der Waals surface area (Å²) in [4.78, 5) is 4.47.